The van der Waals surface area contributed by atoms with Gasteiger partial charge in [-0.15, -0.1) is 11.8 Å². The molecule has 0 unspecified atom stereocenters. The van der Waals surface area contributed by atoms with E-state index in [0.29, 0.717) is 6.54 Å². The lowest BCUT2D eigenvalue weighted by Crippen LogP contribution is -2.03. The molecule has 1 aliphatic heterocycles. The van der Waals surface area contributed by atoms with Crippen molar-refractivity contribution in [2.24, 2.45) is 0 Å². The van der Waals surface area contributed by atoms with Gasteiger partial charge in [0.2, 0.25) is 0 Å². The minimum atomic E-state index is 0.710. The number of thioether (sulfide) groups is 1. The summed E-state index contributed by atoms with van der Waals surface area (Å²) in [6.07, 6.45) is 2.61. The molecule has 1 aromatic carbocycles. The molecule has 0 aliphatic carbocycles. The Kier molecular flexibility index (Phi) is 3.03. The molecule has 5 nitrogen and oxygen atoms in total. The monoisotopic (exact) mass is 298 g/mol. The first-order valence-corrected chi connectivity index (χ1v) is 7.80. The van der Waals surface area contributed by atoms with Gasteiger partial charge in [-0.3, -0.25) is 0 Å². The molecule has 0 fully saturated rings. The molecule has 2 aromatic heterocycles. The maximum absolute atomic E-state index is 5.19. The zero-order chi connectivity index (χ0) is 14.2. The van der Waals surface area contributed by atoms with E-state index in [9.17, 15) is 0 Å². The van der Waals surface area contributed by atoms with Gasteiger partial charge in [-0.25, -0.2) is 14.6 Å². The number of hydrogen-bond acceptors (Lipinski definition) is 5. The van der Waals surface area contributed by atoms with Gasteiger partial charge in [-0.1, -0.05) is 12.1 Å². The van der Waals surface area contributed by atoms with E-state index < -0.39 is 0 Å². The Morgan fingerprint density at radius 3 is 2.90 bits per heavy atom. The fraction of sp³-hybridized carbons (Fsp3) is 0.267. The summed E-state index contributed by atoms with van der Waals surface area (Å²) < 4.78 is 7.17. The van der Waals surface area contributed by atoms with Gasteiger partial charge >= 0.3 is 0 Å². The van der Waals surface area contributed by atoms with Crippen LogP contribution in [-0.4, -0.2) is 32.6 Å². The van der Waals surface area contributed by atoms with Crippen LogP contribution in [0.15, 0.2) is 35.6 Å². The molecule has 0 N–H and O–H groups in total. The molecule has 0 bridgehead atoms. The highest BCUT2D eigenvalue weighted by Gasteiger charge is 2.20. The highest BCUT2D eigenvalue weighted by molar-refractivity contribution is 7.99. The van der Waals surface area contributed by atoms with Crippen molar-refractivity contribution >= 4 is 22.8 Å². The predicted molar refractivity (Wildman–Crippen MR) is 81.8 cm³/mol. The van der Waals surface area contributed by atoms with Crippen LogP contribution in [-0.2, 0) is 13.0 Å². The number of ether oxygens (including phenoxy) is 1. The second kappa shape index (κ2) is 5.04. The smallest absolute Gasteiger partial charge is 0.162 e. The number of methoxy groups -OCH3 is 1. The normalized spacial score (nSPS) is 13.6. The van der Waals surface area contributed by atoms with Crippen LogP contribution in [0.25, 0.3) is 11.0 Å². The van der Waals surface area contributed by atoms with E-state index in [1.165, 1.54) is 5.56 Å². The van der Waals surface area contributed by atoms with Gasteiger partial charge in [-0.05, 0) is 17.7 Å². The summed E-state index contributed by atoms with van der Waals surface area (Å²) in [5, 5.41) is 6.91. The van der Waals surface area contributed by atoms with E-state index in [2.05, 4.69) is 22.1 Å². The summed E-state index contributed by atoms with van der Waals surface area (Å²) in [5.41, 5.74) is 3.23. The van der Waals surface area contributed by atoms with Crippen molar-refractivity contribution in [3.63, 3.8) is 0 Å². The number of aryl methyl sites for hydroxylation is 1. The largest absolute Gasteiger partial charge is 0.497 e. The average Bonchev–Trinajstić information content (AvgIpc) is 2.89. The number of hydrogen-bond donors (Lipinski definition) is 0. The quantitative estimate of drug-likeness (QED) is 0.696. The molecule has 4 rings (SSSR count). The first-order valence-electron chi connectivity index (χ1n) is 6.81. The number of rotatable bonds is 3. The first-order chi connectivity index (χ1) is 10.3. The van der Waals surface area contributed by atoms with Gasteiger partial charge < -0.3 is 4.74 Å². The molecule has 1 aliphatic rings. The lowest BCUT2D eigenvalue weighted by molar-refractivity contribution is 0.414. The predicted octanol–water partition coefficient (Wildman–Crippen LogP) is 2.53. The fourth-order valence-electron chi connectivity index (χ4n) is 2.59. The molecule has 3 heterocycles. The van der Waals surface area contributed by atoms with E-state index in [0.717, 1.165) is 39.7 Å². The van der Waals surface area contributed by atoms with Gasteiger partial charge in [0.15, 0.2) is 5.65 Å². The van der Waals surface area contributed by atoms with Crippen molar-refractivity contribution in [2.75, 3.05) is 12.9 Å². The number of nitrogens with zero attached hydrogens (tertiary/aromatic N) is 4. The topological polar surface area (TPSA) is 52.8 Å². The second-order valence-corrected chi connectivity index (χ2v) is 6.01. The highest BCUT2D eigenvalue weighted by atomic mass is 32.2. The molecule has 0 saturated carbocycles. The van der Waals surface area contributed by atoms with Crippen molar-refractivity contribution in [3.8, 4) is 5.75 Å². The standard InChI is InChI=1S/C15H14N4OS/c1-20-11-4-2-10(3-5-11)8-19-14-13-12(18-19)6-7-21-15(13)17-9-16-14/h2-5,9H,6-8H2,1H3. The van der Waals surface area contributed by atoms with Gasteiger partial charge in [0, 0.05) is 12.2 Å². The highest BCUT2D eigenvalue weighted by Crippen LogP contribution is 2.32. The van der Waals surface area contributed by atoms with Crippen molar-refractivity contribution in [3.05, 3.63) is 41.9 Å². The second-order valence-electron chi connectivity index (χ2n) is 4.93. The Bertz CT molecular complexity index is 797. The van der Waals surface area contributed by atoms with E-state index in [1.54, 1.807) is 25.2 Å². The van der Waals surface area contributed by atoms with Gasteiger partial charge in [0.05, 0.1) is 24.7 Å². The molecule has 21 heavy (non-hydrogen) atoms. The van der Waals surface area contributed by atoms with Crippen LogP contribution >= 0.6 is 11.8 Å². The van der Waals surface area contributed by atoms with Crippen LogP contribution in [0, 0.1) is 0 Å². The summed E-state index contributed by atoms with van der Waals surface area (Å²) in [4.78, 5) is 8.79. The molecule has 106 valence electrons. The molecule has 0 amide bonds. The zero-order valence-corrected chi connectivity index (χ0v) is 12.4. The Hall–Kier alpha value is -2.08. The van der Waals surface area contributed by atoms with Crippen molar-refractivity contribution in [1.82, 2.24) is 19.7 Å². The van der Waals surface area contributed by atoms with E-state index in [-0.39, 0.29) is 0 Å². The Morgan fingerprint density at radius 1 is 1.24 bits per heavy atom. The van der Waals surface area contributed by atoms with E-state index >= 15 is 0 Å². The minimum absolute atomic E-state index is 0.710. The number of aromatic nitrogens is 4. The summed E-state index contributed by atoms with van der Waals surface area (Å²) >= 11 is 1.78. The number of benzene rings is 1. The van der Waals surface area contributed by atoms with Crippen LogP contribution < -0.4 is 4.74 Å². The van der Waals surface area contributed by atoms with E-state index in [1.807, 2.05) is 16.8 Å². The van der Waals surface area contributed by atoms with Crippen LogP contribution in [0.4, 0.5) is 0 Å². The molecule has 3 aromatic rings. The van der Waals surface area contributed by atoms with Crippen LogP contribution in [0.1, 0.15) is 11.3 Å². The summed E-state index contributed by atoms with van der Waals surface area (Å²) in [7, 11) is 1.67. The van der Waals surface area contributed by atoms with E-state index in [4.69, 9.17) is 9.84 Å². The van der Waals surface area contributed by atoms with Gasteiger partial charge in [0.25, 0.3) is 0 Å². The molecule has 0 radical (unpaired) electrons. The fourth-order valence-corrected chi connectivity index (χ4v) is 3.56. The lowest BCUT2D eigenvalue weighted by atomic mass is 10.2. The van der Waals surface area contributed by atoms with Gasteiger partial charge in [0.1, 0.15) is 17.1 Å². The SMILES string of the molecule is COc1ccc(Cn2nc3c4c(ncnc42)SCC3)cc1. The third kappa shape index (κ3) is 2.15. The molecule has 0 saturated heterocycles. The summed E-state index contributed by atoms with van der Waals surface area (Å²) in [6.45, 7) is 0.710. The zero-order valence-electron chi connectivity index (χ0n) is 11.6. The van der Waals surface area contributed by atoms with Crippen LogP contribution in [0.5, 0.6) is 5.75 Å². The Morgan fingerprint density at radius 2 is 2.10 bits per heavy atom. The maximum atomic E-state index is 5.19. The third-order valence-electron chi connectivity index (χ3n) is 3.64. The van der Waals surface area contributed by atoms with Gasteiger partial charge in [-0.2, -0.15) is 5.10 Å². The Balaban J connectivity index is 1.75. The molecular weight excluding hydrogens is 284 g/mol. The maximum Gasteiger partial charge on any atom is 0.162 e. The third-order valence-corrected chi connectivity index (χ3v) is 4.63. The van der Waals surface area contributed by atoms with Crippen LogP contribution in [0.3, 0.4) is 0 Å². The van der Waals surface area contributed by atoms with Crippen LogP contribution in [0.2, 0.25) is 0 Å². The molecule has 6 heteroatoms. The van der Waals surface area contributed by atoms with Crippen molar-refractivity contribution in [1.29, 1.82) is 0 Å². The minimum Gasteiger partial charge on any atom is -0.497 e. The Labute approximate surface area is 126 Å². The molecular formula is C15H14N4OS. The lowest BCUT2D eigenvalue weighted by Gasteiger charge is -2.07. The molecule has 0 spiro atoms. The van der Waals surface area contributed by atoms with Crippen molar-refractivity contribution < 1.29 is 4.74 Å². The molecule has 0 atom stereocenters. The first kappa shape index (κ1) is 12.6. The summed E-state index contributed by atoms with van der Waals surface area (Å²) in [6, 6.07) is 8.05. The summed E-state index contributed by atoms with van der Waals surface area (Å²) in [5.74, 6) is 1.90. The van der Waals surface area contributed by atoms with Crippen molar-refractivity contribution in [2.45, 2.75) is 18.0 Å². The average molecular weight is 298 g/mol.